The molecule has 0 fully saturated rings. The summed E-state index contributed by atoms with van der Waals surface area (Å²) in [5, 5.41) is 0. The lowest BCUT2D eigenvalue weighted by atomic mass is 10.1. The molecule has 0 spiro atoms. The van der Waals surface area contributed by atoms with E-state index in [0.717, 1.165) is 38.6 Å². The van der Waals surface area contributed by atoms with Crippen LogP contribution in [0.25, 0.3) is 0 Å². The average Bonchev–Trinajstić information content (AvgIpc) is 2.24. The highest BCUT2D eigenvalue weighted by Crippen LogP contribution is 2.04. The zero-order chi connectivity index (χ0) is 13.1. The molecule has 0 saturated carbocycles. The average molecular weight is 259 g/mol. The molecule has 0 bridgehead atoms. The van der Waals surface area contributed by atoms with Crippen LogP contribution in [0.1, 0.15) is 47.5 Å². The molecule has 0 aromatic carbocycles. The normalized spacial score (nSPS) is 12.8. The first-order valence-electron chi connectivity index (χ1n) is 6.83. The third-order valence-corrected chi connectivity index (χ3v) is 4.68. The van der Waals surface area contributed by atoms with Gasteiger partial charge in [0, 0.05) is 25.5 Å². The molecule has 3 nitrogen and oxygen atoms in total. The number of rotatable bonds is 10. The molecule has 0 N–H and O–H groups in total. The molecular formula is C13H29NO2Si. The van der Waals surface area contributed by atoms with Gasteiger partial charge in [0.1, 0.15) is 0 Å². The summed E-state index contributed by atoms with van der Waals surface area (Å²) < 4.78 is 11.2. The first-order valence-corrected chi connectivity index (χ1v) is 8.59. The zero-order valence-corrected chi connectivity index (χ0v) is 13.3. The highest BCUT2D eigenvalue weighted by molar-refractivity contribution is 6.44. The van der Waals surface area contributed by atoms with Crippen molar-refractivity contribution in [3.63, 3.8) is 0 Å². The minimum atomic E-state index is -1.39. The maximum absolute atomic E-state index is 5.62. The van der Waals surface area contributed by atoms with Crippen LogP contribution in [-0.2, 0) is 8.85 Å². The summed E-state index contributed by atoms with van der Waals surface area (Å²) in [5.74, 6) is 0.702. The predicted molar refractivity (Wildman–Crippen MR) is 77.3 cm³/mol. The van der Waals surface area contributed by atoms with Crippen LogP contribution in [0.3, 0.4) is 0 Å². The number of hydrogen-bond donors (Lipinski definition) is 0. The largest absolute Gasteiger partial charge is 0.397 e. The fraction of sp³-hybridized carbons (Fsp3) is 0.923. The molecule has 0 aliphatic carbocycles. The van der Waals surface area contributed by atoms with Gasteiger partial charge in [0.2, 0.25) is 0 Å². The number of nitrogens with zero attached hydrogens (tertiary/aromatic N) is 1. The van der Waals surface area contributed by atoms with Gasteiger partial charge in [0.05, 0.1) is 0 Å². The third-order valence-electron chi connectivity index (χ3n) is 2.39. The van der Waals surface area contributed by atoms with Crippen LogP contribution in [0.2, 0.25) is 6.04 Å². The Labute approximate surface area is 108 Å². The summed E-state index contributed by atoms with van der Waals surface area (Å²) in [6, 6.07) is 1.07. The Hall–Kier alpha value is -0.193. The Balaban J connectivity index is 3.72. The van der Waals surface area contributed by atoms with Crippen LogP contribution >= 0.6 is 0 Å². The lowest BCUT2D eigenvalue weighted by Gasteiger charge is -2.13. The van der Waals surface area contributed by atoms with E-state index in [0.29, 0.717) is 5.92 Å². The minimum absolute atomic E-state index is 0.702. The molecular weight excluding hydrogens is 230 g/mol. The molecule has 0 radical (unpaired) electrons. The van der Waals surface area contributed by atoms with E-state index in [4.69, 9.17) is 8.85 Å². The van der Waals surface area contributed by atoms with Gasteiger partial charge in [0.25, 0.3) is 0 Å². The van der Waals surface area contributed by atoms with E-state index in [1.54, 1.807) is 0 Å². The van der Waals surface area contributed by atoms with Gasteiger partial charge in [-0.3, -0.25) is 4.99 Å². The van der Waals surface area contributed by atoms with Crippen LogP contribution in [0.4, 0.5) is 0 Å². The van der Waals surface area contributed by atoms with Crippen molar-refractivity contribution in [2.24, 2.45) is 10.9 Å². The van der Waals surface area contributed by atoms with Gasteiger partial charge < -0.3 is 8.85 Å². The summed E-state index contributed by atoms with van der Waals surface area (Å²) in [5.41, 5.74) is 1.27. The highest BCUT2D eigenvalue weighted by atomic mass is 28.3. The van der Waals surface area contributed by atoms with E-state index in [1.165, 1.54) is 5.71 Å². The standard InChI is InChI=1S/C13H29NO2Si/c1-6-15-17(16-7-2)10-8-9-14-13(5)11-12(3)4/h12,17H,6-11H2,1-5H3/b14-13+. The lowest BCUT2D eigenvalue weighted by Crippen LogP contribution is -2.22. The highest BCUT2D eigenvalue weighted by Gasteiger charge is 2.10. The van der Waals surface area contributed by atoms with Gasteiger partial charge in [-0.25, -0.2) is 0 Å². The molecule has 0 rings (SSSR count). The van der Waals surface area contributed by atoms with E-state index >= 15 is 0 Å². The summed E-state index contributed by atoms with van der Waals surface area (Å²) in [6.45, 7) is 13.1. The van der Waals surface area contributed by atoms with Gasteiger partial charge >= 0.3 is 9.28 Å². The molecule has 0 saturated heterocycles. The number of aliphatic imine (C=N–C) groups is 1. The minimum Gasteiger partial charge on any atom is -0.397 e. The quantitative estimate of drug-likeness (QED) is 0.343. The molecule has 4 heteroatoms. The molecule has 0 atom stereocenters. The van der Waals surface area contributed by atoms with Crippen molar-refractivity contribution in [3.8, 4) is 0 Å². The van der Waals surface area contributed by atoms with Crippen molar-refractivity contribution < 1.29 is 8.85 Å². The molecule has 0 amide bonds. The lowest BCUT2D eigenvalue weighted by molar-refractivity contribution is 0.213. The summed E-state index contributed by atoms with van der Waals surface area (Å²) in [4.78, 5) is 4.58. The van der Waals surface area contributed by atoms with Crippen molar-refractivity contribution in [2.45, 2.75) is 53.5 Å². The van der Waals surface area contributed by atoms with Crippen LogP contribution in [0, 0.1) is 5.92 Å². The van der Waals surface area contributed by atoms with Crippen molar-refractivity contribution in [3.05, 3.63) is 0 Å². The van der Waals surface area contributed by atoms with Crippen LogP contribution < -0.4 is 0 Å². The van der Waals surface area contributed by atoms with E-state index in [9.17, 15) is 0 Å². The summed E-state index contributed by atoms with van der Waals surface area (Å²) in [7, 11) is -1.39. The maximum atomic E-state index is 5.62. The monoisotopic (exact) mass is 259 g/mol. The van der Waals surface area contributed by atoms with Gasteiger partial charge in [-0.1, -0.05) is 13.8 Å². The Bertz CT molecular complexity index is 202. The summed E-state index contributed by atoms with van der Waals surface area (Å²) >= 11 is 0. The zero-order valence-electron chi connectivity index (χ0n) is 12.2. The van der Waals surface area contributed by atoms with Crippen LogP contribution in [-0.4, -0.2) is 34.8 Å². The first kappa shape index (κ1) is 16.8. The number of hydrogen-bond acceptors (Lipinski definition) is 3. The van der Waals surface area contributed by atoms with E-state index < -0.39 is 9.28 Å². The fourth-order valence-corrected chi connectivity index (χ4v) is 3.46. The molecule has 17 heavy (non-hydrogen) atoms. The second-order valence-electron chi connectivity index (χ2n) is 4.70. The molecule has 0 aromatic heterocycles. The fourth-order valence-electron chi connectivity index (χ4n) is 1.77. The third kappa shape index (κ3) is 10.7. The first-order chi connectivity index (χ1) is 8.10. The summed E-state index contributed by atoms with van der Waals surface area (Å²) in [6.07, 6.45) is 2.20. The van der Waals surface area contributed by atoms with Crippen molar-refractivity contribution in [1.82, 2.24) is 0 Å². The molecule has 0 aliphatic heterocycles. The SMILES string of the molecule is CCO[SiH](CCC/N=C(\C)CC(C)C)OCC. The second-order valence-corrected chi connectivity index (χ2v) is 6.80. The van der Waals surface area contributed by atoms with Gasteiger partial charge in [-0.2, -0.15) is 0 Å². The maximum Gasteiger partial charge on any atom is 0.321 e. The second kappa shape index (κ2) is 10.9. The Morgan fingerprint density at radius 3 is 2.24 bits per heavy atom. The molecule has 0 unspecified atom stereocenters. The van der Waals surface area contributed by atoms with E-state index in [2.05, 4.69) is 25.8 Å². The van der Waals surface area contributed by atoms with E-state index in [1.807, 2.05) is 13.8 Å². The molecule has 0 aromatic rings. The predicted octanol–water partition coefficient (Wildman–Crippen LogP) is 3.18. The van der Waals surface area contributed by atoms with Crippen molar-refractivity contribution >= 4 is 15.0 Å². The molecule has 0 aliphatic rings. The Morgan fingerprint density at radius 2 is 1.76 bits per heavy atom. The smallest absolute Gasteiger partial charge is 0.321 e. The van der Waals surface area contributed by atoms with Crippen molar-refractivity contribution in [2.75, 3.05) is 19.8 Å². The van der Waals surface area contributed by atoms with Crippen molar-refractivity contribution in [1.29, 1.82) is 0 Å². The van der Waals surface area contributed by atoms with Gasteiger partial charge in [-0.15, -0.1) is 0 Å². The topological polar surface area (TPSA) is 30.8 Å². The van der Waals surface area contributed by atoms with Crippen LogP contribution in [0.15, 0.2) is 4.99 Å². The Morgan fingerprint density at radius 1 is 1.18 bits per heavy atom. The van der Waals surface area contributed by atoms with Crippen LogP contribution in [0.5, 0.6) is 0 Å². The molecule has 102 valence electrons. The van der Waals surface area contributed by atoms with Gasteiger partial charge in [-0.05, 0) is 45.6 Å². The Kier molecular flexibility index (Phi) is 10.8. The van der Waals surface area contributed by atoms with Gasteiger partial charge in [0.15, 0.2) is 0 Å². The molecule has 0 heterocycles. The van der Waals surface area contributed by atoms with E-state index in [-0.39, 0.29) is 0 Å².